The minimum atomic E-state index is -3.93. The van der Waals surface area contributed by atoms with Crippen molar-refractivity contribution >= 4 is 16.0 Å². The Morgan fingerprint density at radius 2 is 1.69 bits per heavy atom. The molecule has 10 heteroatoms. The second kappa shape index (κ2) is 12.9. The number of hydrogen-bond acceptors (Lipinski definition) is 6. The summed E-state index contributed by atoms with van der Waals surface area (Å²) in [5.41, 5.74) is -0.185. The third-order valence-corrected chi connectivity index (χ3v) is 13.6. The lowest BCUT2D eigenvalue weighted by atomic mass is 9.43. The van der Waals surface area contributed by atoms with Crippen molar-refractivity contribution in [2.75, 3.05) is 39.5 Å². The third kappa shape index (κ3) is 7.20. The molecule has 4 rings (SSSR count). The molecule has 244 valence electrons. The third-order valence-electron chi connectivity index (χ3n) is 12.8. The van der Waals surface area contributed by atoms with Crippen molar-refractivity contribution in [1.29, 1.82) is 0 Å². The maximum absolute atomic E-state index is 12.7. The lowest BCUT2D eigenvalue weighted by Gasteiger charge is -2.63. The molecule has 0 spiro atoms. The van der Waals surface area contributed by atoms with E-state index in [0.717, 1.165) is 64.3 Å². The normalized spacial score (nSPS) is 41.0. The minimum absolute atomic E-state index is 0.0450. The van der Waals surface area contributed by atoms with Crippen LogP contribution in [0.1, 0.15) is 91.4 Å². The first-order valence-electron chi connectivity index (χ1n) is 16.6. The number of carbonyl (C=O) groups is 1. The smallest absolute Gasteiger partial charge is 0.265 e. The van der Waals surface area contributed by atoms with Crippen LogP contribution in [0.4, 0.5) is 0 Å². The molecule has 0 aromatic rings. The SMILES string of the molecule is C[C@H](CCC(=O)NCCC[N+](C)(C)CCCS(=O)(=O)O)C1CC[C@H]2C3C(O)C[C@@H]4C[C@H](O)CC[C@]4(C)[C@H]3C[C@H](O)[C@]12C. The number of nitrogens with one attached hydrogen (secondary N) is 1. The minimum Gasteiger partial charge on any atom is -0.393 e. The Hall–Kier alpha value is -0.780. The van der Waals surface area contributed by atoms with Crippen LogP contribution in [0.25, 0.3) is 0 Å². The van der Waals surface area contributed by atoms with Crippen LogP contribution in [0.2, 0.25) is 0 Å². The summed E-state index contributed by atoms with van der Waals surface area (Å²) in [4.78, 5) is 12.7. The second-order valence-corrected chi connectivity index (χ2v) is 17.3. The molecule has 3 unspecified atom stereocenters. The molecule has 42 heavy (non-hydrogen) atoms. The summed E-state index contributed by atoms with van der Waals surface area (Å²) in [5.74, 6) is 1.52. The second-order valence-electron chi connectivity index (χ2n) is 15.8. The highest BCUT2D eigenvalue weighted by atomic mass is 32.2. The molecule has 0 aromatic carbocycles. The van der Waals surface area contributed by atoms with E-state index in [9.17, 15) is 28.5 Å². The van der Waals surface area contributed by atoms with Gasteiger partial charge in [0.15, 0.2) is 0 Å². The van der Waals surface area contributed by atoms with E-state index in [0.29, 0.717) is 48.2 Å². The Bertz CT molecular complexity index is 1050. The average molecular weight is 616 g/mol. The van der Waals surface area contributed by atoms with Crippen LogP contribution < -0.4 is 5.32 Å². The predicted octanol–water partition coefficient (Wildman–Crippen LogP) is 3.22. The van der Waals surface area contributed by atoms with Crippen LogP contribution in [0.3, 0.4) is 0 Å². The number of nitrogens with zero attached hydrogens (tertiary/aromatic N) is 1. The van der Waals surface area contributed by atoms with Crippen molar-refractivity contribution in [3.63, 3.8) is 0 Å². The first-order chi connectivity index (χ1) is 19.5. The van der Waals surface area contributed by atoms with Crippen molar-refractivity contribution in [2.24, 2.45) is 46.3 Å². The zero-order valence-corrected chi connectivity index (χ0v) is 27.5. The van der Waals surface area contributed by atoms with E-state index in [2.05, 4.69) is 26.1 Å². The molecular formula is C32H59N2O7S+. The number of hydrogen-bond donors (Lipinski definition) is 5. The van der Waals surface area contributed by atoms with E-state index in [1.165, 1.54) is 0 Å². The summed E-state index contributed by atoms with van der Waals surface area (Å²) in [7, 11) is 0.114. The highest BCUT2D eigenvalue weighted by Gasteiger charge is 2.65. The Kier molecular flexibility index (Phi) is 10.5. The molecule has 4 aliphatic carbocycles. The number of aliphatic hydroxyl groups is 3. The van der Waals surface area contributed by atoms with Crippen LogP contribution in [0, 0.1) is 46.3 Å². The summed E-state index contributed by atoms with van der Waals surface area (Å²) in [6.45, 7) is 8.87. The van der Waals surface area contributed by atoms with Crippen molar-refractivity contribution in [3.05, 3.63) is 0 Å². The molecule has 0 radical (unpaired) electrons. The summed E-state index contributed by atoms with van der Waals surface area (Å²) >= 11 is 0. The summed E-state index contributed by atoms with van der Waals surface area (Å²) < 4.78 is 31.5. The van der Waals surface area contributed by atoms with Crippen LogP contribution in [0.5, 0.6) is 0 Å². The van der Waals surface area contributed by atoms with Gasteiger partial charge in [0.05, 0.1) is 51.2 Å². The fourth-order valence-corrected chi connectivity index (χ4v) is 10.8. The van der Waals surface area contributed by atoms with E-state index in [1.54, 1.807) is 0 Å². The summed E-state index contributed by atoms with van der Waals surface area (Å²) in [6, 6.07) is 0. The zero-order chi connectivity index (χ0) is 31.1. The van der Waals surface area contributed by atoms with Gasteiger partial charge in [-0.15, -0.1) is 0 Å². The Balaban J connectivity index is 1.27. The molecule has 0 aliphatic heterocycles. The molecule has 4 aliphatic rings. The largest absolute Gasteiger partial charge is 0.393 e. The van der Waals surface area contributed by atoms with Gasteiger partial charge in [0.25, 0.3) is 10.1 Å². The molecule has 4 saturated carbocycles. The van der Waals surface area contributed by atoms with E-state index in [4.69, 9.17) is 4.55 Å². The van der Waals surface area contributed by atoms with E-state index in [1.807, 2.05) is 14.1 Å². The molecule has 5 N–H and O–H groups in total. The maximum Gasteiger partial charge on any atom is 0.265 e. The molecule has 0 heterocycles. The van der Waals surface area contributed by atoms with Gasteiger partial charge in [-0.3, -0.25) is 9.35 Å². The van der Waals surface area contributed by atoms with Crippen molar-refractivity contribution < 1.29 is 37.6 Å². The van der Waals surface area contributed by atoms with E-state index >= 15 is 0 Å². The van der Waals surface area contributed by atoms with Gasteiger partial charge < -0.3 is 25.1 Å². The van der Waals surface area contributed by atoms with Crippen LogP contribution in [-0.2, 0) is 14.9 Å². The van der Waals surface area contributed by atoms with Gasteiger partial charge in [-0.2, -0.15) is 8.42 Å². The lowest BCUT2D eigenvalue weighted by Crippen LogP contribution is -2.62. The quantitative estimate of drug-likeness (QED) is 0.129. The van der Waals surface area contributed by atoms with Gasteiger partial charge in [0.1, 0.15) is 0 Å². The monoisotopic (exact) mass is 615 g/mol. The van der Waals surface area contributed by atoms with Gasteiger partial charge in [0.2, 0.25) is 5.91 Å². The van der Waals surface area contributed by atoms with Crippen molar-refractivity contribution in [1.82, 2.24) is 5.32 Å². The predicted molar refractivity (Wildman–Crippen MR) is 163 cm³/mol. The van der Waals surface area contributed by atoms with Gasteiger partial charge in [0, 0.05) is 25.8 Å². The van der Waals surface area contributed by atoms with Crippen LogP contribution in [0.15, 0.2) is 0 Å². The average Bonchev–Trinajstić information content (AvgIpc) is 3.24. The maximum atomic E-state index is 12.7. The Labute approximate surface area is 254 Å². The Morgan fingerprint density at radius 3 is 2.38 bits per heavy atom. The number of aliphatic hydroxyl groups excluding tert-OH is 3. The molecule has 0 saturated heterocycles. The molecule has 0 aromatic heterocycles. The number of quaternary nitrogens is 1. The number of carbonyl (C=O) groups excluding carboxylic acids is 1. The molecule has 9 nitrogen and oxygen atoms in total. The lowest BCUT2D eigenvalue weighted by molar-refractivity contribution is -0.890. The summed E-state index contributed by atoms with van der Waals surface area (Å²) in [5, 5.41) is 36.6. The topological polar surface area (TPSA) is 144 Å². The Morgan fingerprint density at radius 1 is 1.00 bits per heavy atom. The molecule has 4 fully saturated rings. The summed E-state index contributed by atoms with van der Waals surface area (Å²) in [6.07, 6.45) is 7.47. The molecule has 1 amide bonds. The molecular weight excluding hydrogens is 556 g/mol. The van der Waals surface area contributed by atoms with E-state index in [-0.39, 0.29) is 52.5 Å². The molecule has 11 atom stereocenters. The first-order valence-corrected chi connectivity index (χ1v) is 18.2. The fourth-order valence-electron chi connectivity index (χ4n) is 10.3. The van der Waals surface area contributed by atoms with Crippen molar-refractivity contribution in [2.45, 2.75) is 110 Å². The van der Waals surface area contributed by atoms with Gasteiger partial charge in [-0.05, 0) is 97.7 Å². The van der Waals surface area contributed by atoms with Crippen LogP contribution >= 0.6 is 0 Å². The van der Waals surface area contributed by atoms with Gasteiger partial charge >= 0.3 is 0 Å². The first kappa shape index (κ1) is 34.1. The number of rotatable bonds is 12. The van der Waals surface area contributed by atoms with E-state index < -0.39 is 16.2 Å². The zero-order valence-electron chi connectivity index (χ0n) is 26.7. The van der Waals surface area contributed by atoms with Crippen LogP contribution in [-0.4, -0.2) is 96.5 Å². The number of fused-ring (bicyclic) bond motifs is 5. The van der Waals surface area contributed by atoms with Gasteiger partial charge in [-0.25, -0.2) is 0 Å². The highest BCUT2D eigenvalue weighted by molar-refractivity contribution is 7.85. The standard InChI is InChI=1S/C32H58N2O7S/c1-21(8-11-29(38)33-14-6-15-34(4,5)16-7-17-42(39,40)41)24-9-10-25-30-26(20-28(37)32(24,25)3)31(2)13-12-23(35)18-22(31)19-27(30)36/h21-28,30,35-37H,6-20H2,1-5H3,(H-,33,38,39,40,41)/p+1/t21-,22+,23-,24?,25+,26+,27?,28+,30?,31+,32-/m1/s1. The fraction of sp³-hybridized carbons (Fsp3) is 0.969. The number of amides is 1. The van der Waals surface area contributed by atoms with Crippen molar-refractivity contribution in [3.8, 4) is 0 Å². The molecule has 0 bridgehead atoms. The van der Waals surface area contributed by atoms with Gasteiger partial charge in [-0.1, -0.05) is 20.8 Å². The highest BCUT2D eigenvalue weighted by Crippen LogP contribution is 2.68.